The molecule has 0 radical (unpaired) electrons. The van der Waals surface area contributed by atoms with Crippen LogP contribution in [0, 0.1) is 6.92 Å². The highest BCUT2D eigenvalue weighted by atomic mass is 32.2. The van der Waals surface area contributed by atoms with Gasteiger partial charge in [-0.15, -0.1) is 6.58 Å². The molecule has 0 spiro atoms. The van der Waals surface area contributed by atoms with E-state index in [-0.39, 0.29) is 17.1 Å². The Kier molecular flexibility index (Phi) is 5.20. The molecular formula is C21H20N2O4S. The van der Waals surface area contributed by atoms with Crippen LogP contribution in [0.3, 0.4) is 0 Å². The fraction of sp³-hybridized carbons (Fsp3) is 0.143. The lowest BCUT2D eigenvalue weighted by Gasteiger charge is -2.07. The zero-order valence-corrected chi connectivity index (χ0v) is 16.4. The van der Waals surface area contributed by atoms with E-state index in [1.54, 1.807) is 18.2 Å². The zero-order valence-electron chi connectivity index (χ0n) is 15.6. The molecular weight excluding hydrogens is 376 g/mol. The third kappa shape index (κ3) is 3.75. The summed E-state index contributed by atoms with van der Waals surface area (Å²) in [5.74, 6) is -1.09. The van der Waals surface area contributed by atoms with Gasteiger partial charge >= 0.3 is 5.97 Å². The van der Waals surface area contributed by atoms with Crippen LogP contribution in [0.25, 0.3) is 22.4 Å². The molecule has 144 valence electrons. The number of aromatic nitrogens is 2. The van der Waals surface area contributed by atoms with Crippen LogP contribution in [0.15, 0.2) is 66.1 Å². The Morgan fingerprint density at radius 1 is 1.11 bits per heavy atom. The van der Waals surface area contributed by atoms with Crippen molar-refractivity contribution >= 4 is 15.8 Å². The van der Waals surface area contributed by atoms with Gasteiger partial charge in [0.25, 0.3) is 0 Å². The summed E-state index contributed by atoms with van der Waals surface area (Å²) in [5.41, 5.74) is 3.43. The highest BCUT2D eigenvalue weighted by Crippen LogP contribution is 2.35. The third-order valence-electron chi connectivity index (χ3n) is 4.35. The Labute approximate surface area is 163 Å². The Hall–Kier alpha value is -3.19. The minimum atomic E-state index is -3.33. The summed E-state index contributed by atoms with van der Waals surface area (Å²) in [6.45, 7) is 5.86. The Morgan fingerprint density at radius 3 is 2.18 bits per heavy atom. The maximum atomic E-state index is 12.0. The molecule has 2 aromatic carbocycles. The number of aryl methyl sites for hydroxylation is 1. The minimum Gasteiger partial charge on any atom is -0.477 e. The number of allylic oxidation sites excluding steroid dienone is 1. The van der Waals surface area contributed by atoms with Gasteiger partial charge in [-0.1, -0.05) is 48.0 Å². The zero-order chi connectivity index (χ0) is 20.5. The van der Waals surface area contributed by atoms with Gasteiger partial charge in [-0.05, 0) is 24.6 Å². The van der Waals surface area contributed by atoms with Crippen LogP contribution in [0.1, 0.15) is 16.1 Å². The predicted molar refractivity (Wildman–Crippen MR) is 108 cm³/mol. The molecule has 0 unspecified atom stereocenters. The normalized spacial score (nSPS) is 11.4. The Morgan fingerprint density at radius 2 is 1.68 bits per heavy atom. The largest absolute Gasteiger partial charge is 0.477 e. The number of carboxylic acid groups (broad SMARTS) is 1. The predicted octanol–water partition coefficient (Wildman–Crippen LogP) is 3.81. The number of sulfone groups is 1. The molecule has 7 heteroatoms. The summed E-state index contributed by atoms with van der Waals surface area (Å²) in [6.07, 6.45) is 2.72. The first-order valence-corrected chi connectivity index (χ1v) is 10.4. The van der Waals surface area contributed by atoms with Crippen molar-refractivity contribution in [3.63, 3.8) is 0 Å². The molecule has 0 atom stereocenters. The van der Waals surface area contributed by atoms with Crippen molar-refractivity contribution in [2.45, 2.75) is 18.4 Å². The number of benzene rings is 2. The van der Waals surface area contributed by atoms with Crippen molar-refractivity contribution in [2.24, 2.45) is 0 Å². The van der Waals surface area contributed by atoms with E-state index in [9.17, 15) is 18.3 Å². The molecule has 3 aromatic rings. The number of rotatable bonds is 6. The Bertz CT molecular complexity index is 1140. The summed E-state index contributed by atoms with van der Waals surface area (Å²) in [5, 5.41) is 14.3. The standard InChI is InChI=1S/C21H20N2O4S/c1-4-13-23-20(21(24)25)18(15-7-5-14(2)6-8-15)19(22-23)16-9-11-17(12-10-16)28(3,26)27/h4-12H,1,13H2,2-3H3,(H,24,25). The first-order chi connectivity index (χ1) is 13.2. The summed E-state index contributed by atoms with van der Waals surface area (Å²) in [6, 6.07) is 13.8. The van der Waals surface area contributed by atoms with E-state index in [0.29, 0.717) is 16.8 Å². The molecule has 0 bridgehead atoms. The highest BCUT2D eigenvalue weighted by molar-refractivity contribution is 7.90. The molecule has 28 heavy (non-hydrogen) atoms. The van der Waals surface area contributed by atoms with Crippen LogP contribution in [-0.4, -0.2) is 35.5 Å². The molecule has 0 aliphatic rings. The summed E-state index contributed by atoms with van der Waals surface area (Å²) < 4.78 is 24.8. The van der Waals surface area contributed by atoms with Crippen LogP contribution in [0.5, 0.6) is 0 Å². The van der Waals surface area contributed by atoms with Gasteiger partial charge in [0.2, 0.25) is 0 Å². The molecule has 1 heterocycles. The second kappa shape index (κ2) is 7.44. The third-order valence-corrected chi connectivity index (χ3v) is 5.48. The van der Waals surface area contributed by atoms with Gasteiger partial charge in [0.1, 0.15) is 5.69 Å². The summed E-state index contributed by atoms with van der Waals surface area (Å²) in [4.78, 5) is 12.2. The monoisotopic (exact) mass is 396 g/mol. The first-order valence-electron chi connectivity index (χ1n) is 8.55. The van der Waals surface area contributed by atoms with Crippen molar-refractivity contribution in [3.8, 4) is 22.4 Å². The van der Waals surface area contributed by atoms with Crippen LogP contribution >= 0.6 is 0 Å². The SMILES string of the molecule is C=CCn1nc(-c2ccc(S(C)(=O)=O)cc2)c(-c2ccc(C)cc2)c1C(=O)O. The Balaban J connectivity index is 2.28. The van der Waals surface area contributed by atoms with Gasteiger partial charge < -0.3 is 5.11 Å². The summed E-state index contributed by atoms with van der Waals surface area (Å²) >= 11 is 0. The highest BCUT2D eigenvalue weighted by Gasteiger charge is 2.25. The van der Waals surface area contributed by atoms with Gasteiger partial charge in [0, 0.05) is 17.4 Å². The number of hydrogen-bond acceptors (Lipinski definition) is 4. The second-order valence-electron chi connectivity index (χ2n) is 6.51. The fourth-order valence-electron chi connectivity index (χ4n) is 2.99. The van der Waals surface area contributed by atoms with Crippen LogP contribution in [0.2, 0.25) is 0 Å². The molecule has 1 N–H and O–H groups in total. The average molecular weight is 396 g/mol. The van der Waals surface area contributed by atoms with Crippen LogP contribution < -0.4 is 0 Å². The van der Waals surface area contributed by atoms with Gasteiger partial charge in [-0.2, -0.15) is 5.10 Å². The second-order valence-corrected chi connectivity index (χ2v) is 8.53. The van der Waals surface area contributed by atoms with Crippen molar-refractivity contribution in [3.05, 3.63) is 72.4 Å². The molecule has 0 fully saturated rings. The van der Waals surface area contributed by atoms with E-state index in [1.807, 2.05) is 31.2 Å². The number of carbonyl (C=O) groups is 1. The first kappa shape index (κ1) is 19.6. The lowest BCUT2D eigenvalue weighted by Crippen LogP contribution is -2.09. The van der Waals surface area contributed by atoms with E-state index in [4.69, 9.17) is 0 Å². The smallest absolute Gasteiger partial charge is 0.354 e. The average Bonchev–Trinajstić information content (AvgIpc) is 3.01. The molecule has 0 saturated heterocycles. The van der Waals surface area contributed by atoms with Gasteiger partial charge in [-0.3, -0.25) is 4.68 Å². The molecule has 0 saturated carbocycles. The molecule has 0 amide bonds. The fourth-order valence-corrected chi connectivity index (χ4v) is 3.62. The van der Waals surface area contributed by atoms with E-state index < -0.39 is 15.8 Å². The molecule has 3 rings (SSSR count). The topological polar surface area (TPSA) is 89.3 Å². The van der Waals surface area contributed by atoms with Gasteiger partial charge in [0.05, 0.1) is 11.4 Å². The van der Waals surface area contributed by atoms with E-state index in [2.05, 4.69) is 11.7 Å². The van der Waals surface area contributed by atoms with Crippen molar-refractivity contribution < 1.29 is 18.3 Å². The number of hydrogen-bond donors (Lipinski definition) is 1. The van der Waals surface area contributed by atoms with Gasteiger partial charge in [-0.25, -0.2) is 13.2 Å². The maximum absolute atomic E-state index is 12.0. The molecule has 1 aromatic heterocycles. The lowest BCUT2D eigenvalue weighted by atomic mass is 9.98. The summed E-state index contributed by atoms with van der Waals surface area (Å²) in [7, 11) is -3.33. The van der Waals surface area contributed by atoms with Crippen LogP contribution in [0.4, 0.5) is 0 Å². The molecule has 6 nitrogen and oxygen atoms in total. The number of nitrogens with zero attached hydrogens (tertiary/aromatic N) is 2. The van der Waals surface area contributed by atoms with E-state index >= 15 is 0 Å². The molecule has 0 aliphatic carbocycles. The number of aromatic carboxylic acids is 1. The van der Waals surface area contributed by atoms with Gasteiger partial charge in [0.15, 0.2) is 15.5 Å². The van der Waals surface area contributed by atoms with Crippen molar-refractivity contribution in [1.82, 2.24) is 9.78 Å². The maximum Gasteiger partial charge on any atom is 0.354 e. The molecule has 0 aliphatic heterocycles. The minimum absolute atomic E-state index is 0.0611. The van der Waals surface area contributed by atoms with Crippen molar-refractivity contribution in [1.29, 1.82) is 0 Å². The van der Waals surface area contributed by atoms with Crippen molar-refractivity contribution in [2.75, 3.05) is 6.26 Å². The number of carboxylic acids is 1. The quantitative estimate of drug-likeness (QED) is 0.640. The van der Waals surface area contributed by atoms with Crippen LogP contribution in [-0.2, 0) is 16.4 Å². The van der Waals surface area contributed by atoms with E-state index in [1.165, 1.54) is 16.8 Å². The van der Waals surface area contributed by atoms with E-state index in [0.717, 1.165) is 17.4 Å². The lowest BCUT2D eigenvalue weighted by molar-refractivity contribution is 0.0685.